The molecule has 6 nitrogen and oxygen atoms in total. The molecule has 0 heterocycles. The Kier molecular flexibility index (Phi) is 38.9. The van der Waals surface area contributed by atoms with Crippen LogP contribution in [0.2, 0.25) is 0 Å². The van der Waals surface area contributed by atoms with Crippen molar-refractivity contribution in [3.63, 3.8) is 0 Å². The van der Waals surface area contributed by atoms with Gasteiger partial charge in [-0.3, -0.25) is 14.4 Å². The van der Waals surface area contributed by atoms with Crippen molar-refractivity contribution in [3.8, 4) is 0 Å². The van der Waals surface area contributed by atoms with Gasteiger partial charge in [0.1, 0.15) is 13.2 Å². The molecule has 0 saturated carbocycles. The van der Waals surface area contributed by atoms with E-state index in [1.807, 2.05) is 0 Å². The maximum Gasteiger partial charge on any atom is 0.306 e. The van der Waals surface area contributed by atoms with Crippen molar-refractivity contribution in [1.29, 1.82) is 0 Å². The Hall–Kier alpha value is -1.59. The van der Waals surface area contributed by atoms with E-state index < -0.39 is 6.10 Å². The smallest absolute Gasteiger partial charge is 0.306 e. The van der Waals surface area contributed by atoms with Gasteiger partial charge >= 0.3 is 17.9 Å². The highest BCUT2D eigenvalue weighted by Crippen LogP contribution is 2.15. The molecule has 50 heavy (non-hydrogen) atoms. The van der Waals surface area contributed by atoms with Crippen LogP contribution in [0.5, 0.6) is 0 Å². The highest BCUT2D eigenvalue weighted by molar-refractivity contribution is 5.71. The van der Waals surface area contributed by atoms with Crippen molar-refractivity contribution < 1.29 is 28.6 Å². The molecule has 0 amide bonds. The molecule has 0 fully saturated rings. The summed E-state index contributed by atoms with van der Waals surface area (Å²) in [5.41, 5.74) is 0. The summed E-state index contributed by atoms with van der Waals surface area (Å²) >= 11 is 0. The number of carbonyl (C=O) groups excluding carboxylic acids is 3. The van der Waals surface area contributed by atoms with E-state index in [1.165, 1.54) is 148 Å². The van der Waals surface area contributed by atoms with Crippen molar-refractivity contribution in [2.75, 3.05) is 13.2 Å². The Morgan fingerprint density at radius 3 is 0.800 bits per heavy atom. The summed E-state index contributed by atoms with van der Waals surface area (Å²) in [6.45, 7) is 6.61. The first-order valence-corrected chi connectivity index (χ1v) is 22.0. The number of hydrogen-bond donors (Lipinski definition) is 0. The average molecular weight is 709 g/mol. The maximum absolute atomic E-state index is 12.7. The number of unbranched alkanes of at least 4 members (excludes halogenated alkanes) is 29. The van der Waals surface area contributed by atoms with E-state index in [9.17, 15) is 14.4 Å². The minimum absolute atomic E-state index is 0.0632. The third-order valence-electron chi connectivity index (χ3n) is 9.86. The first-order valence-electron chi connectivity index (χ1n) is 22.0. The molecule has 296 valence electrons. The number of rotatable bonds is 40. The Labute approximate surface area is 310 Å². The standard InChI is InChI=1S/C44H84O6/c1-4-7-10-13-16-19-21-22-23-26-29-32-35-38-44(47)50-41(39-48-42(45)36-33-30-27-24-18-15-12-9-6-3)40-49-43(46)37-34-31-28-25-20-17-14-11-8-5-2/h41H,4-40H2,1-3H3/t41-/m0/s1. The lowest BCUT2D eigenvalue weighted by molar-refractivity contribution is -0.167. The van der Waals surface area contributed by atoms with E-state index in [0.717, 1.165) is 57.8 Å². The van der Waals surface area contributed by atoms with Gasteiger partial charge in [-0.25, -0.2) is 0 Å². The topological polar surface area (TPSA) is 78.9 Å². The number of carbonyl (C=O) groups is 3. The normalized spacial score (nSPS) is 11.8. The van der Waals surface area contributed by atoms with Crippen LogP contribution in [0.4, 0.5) is 0 Å². The van der Waals surface area contributed by atoms with Gasteiger partial charge in [0.05, 0.1) is 0 Å². The van der Waals surface area contributed by atoms with E-state index >= 15 is 0 Å². The van der Waals surface area contributed by atoms with Crippen LogP contribution < -0.4 is 0 Å². The fourth-order valence-corrected chi connectivity index (χ4v) is 6.50. The van der Waals surface area contributed by atoms with Crippen LogP contribution >= 0.6 is 0 Å². The molecular weight excluding hydrogens is 624 g/mol. The van der Waals surface area contributed by atoms with Gasteiger partial charge in [-0.2, -0.15) is 0 Å². The molecule has 0 aromatic rings. The van der Waals surface area contributed by atoms with Crippen LogP contribution in [-0.2, 0) is 28.6 Å². The third-order valence-corrected chi connectivity index (χ3v) is 9.86. The maximum atomic E-state index is 12.7. The molecule has 0 aromatic carbocycles. The summed E-state index contributed by atoms with van der Waals surface area (Å²) in [4.78, 5) is 37.5. The highest BCUT2D eigenvalue weighted by Gasteiger charge is 2.19. The highest BCUT2D eigenvalue weighted by atomic mass is 16.6. The van der Waals surface area contributed by atoms with Gasteiger partial charge < -0.3 is 14.2 Å². The third kappa shape index (κ3) is 37.7. The molecule has 0 aliphatic rings. The number of hydrogen-bond acceptors (Lipinski definition) is 6. The molecule has 1 atom stereocenters. The van der Waals surface area contributed by atoms with Gasteiger partial charge in [0.25, 0.3) is 0 Å². The lowest BCUT2D eigenvalue weighted by Crippen LogP contribution is -2.30. The molecular formula is C44H84O6. The summed E-state index contributed by atoms with van der Waals surface area (Å²) in [6, 6.07) is 0. The second kappa shape index (κ2) is 40.2. The summed E-state index contributed by atoms with van der Waals surface area (Å²) in [7, 11) is 0. The molecule has 0 spiro atoms. The number of ether oxygens (including phenoxy) is 3. The minimum atomic E-state index is -0.756. The molecule has 0 aromatic heterocycles. The first kappa shape index (κ1) is 48.4. The quantitative estimate of drug-likeness (QED) is 0.0358. The second-order valence-corrected chi connectivity index (χ2v) is 15.0. The van der Waals surface area contributed by atoms with Crippen LogP contribution in [0.25, 0.3) is 0 Å². The van der Waals surface area contributed by atoms with Crippen molar-refractivity contribution >= 4 is 17.9 Å². The zero-order valence-corrected chi connectivity index (χ0v) is 33.7. The van der Waals surface area contributed by atoms with E-state index in [0.29, 0.717) is 19.3 Å². The van der Waals surface area contributed by atoms with Crippen molar-refractivity contribution in [1.82, 2.24) is 0 Å². The summed E-state index contributed by atoms with van der Waals surface area (Å²) in [6.07, 6.45) is 39.4. The van der Waals surface area contributed by atoms with E-state index in [2.05, 4.69) is 20.8 Å². The Bertz CT molecular complexity index is 738. The fraction of sp³-hybridized carbons (Fsp3) is 0.932. The predicted octanol–water partition coefficient (Wildman–Crippen LogP) is 13.7. The Morgan fingerprint density at radius 2 is 0.540 bits per heavy atom. The largest absolute Gasteiger partial charge is 0.462 e. The molecule has 0 aliphatic carbocycles. The van der Waals surface area contributed by atoms with Crippen molar-refractivity contribution in [3.05, 3.63) is 0 Å². The zero-order chi connectivity index (χ0) is 36.6. The van der Waals surface area contributed by atoms with Gasteiger partial charge in [-0.15, -0.1) is 0 Å². The van der Waals surface area contributed by atoms with Gasteiger partial charge in [-0.05, 0) is 19.3 Å². The van der Waals surface area contributed by atoms with Crippen molar-refractivity contribution in [2.24, 2.45) is 0 Å². The van der Waals surface area contributed by atoms with E-state index in [4.69, 9.17) is 14.2 Å². The lowest BCUT2D eigenvalue weighted by Gasteiger charge is -2.18. The lowest BCUT2D eigenvalue weighted by atomic mass is 10.0. The van der Waals surface area contributed by atoms with Crippen LogP contribution in [0.15, 0.2) is 0 Å². The first-order chi connectivity index (χ1) is 24.5. The molecule has 0 N–H and O–H groups in total. The van der Waals surface area contributed by atoms with E-state index in [-0.39, 0.29) is 31.1 Å². The predicted molar refractivity (Wildman–Crippen MR) is 210 cm³/mol. The molecule has 6 heteroatoms. The summed E-state index contributed by atoms with van der Waals surface area (Å²) in [5.74, 6) is -0.857. The van der Waals surface area contributed by atoms with E-state index in [1.54, 1.807) is 0 Å². The summed E-state index contributed by atoms with van der Waals surface area (Å²) < 4.78 is 16.7. The summed E-state index contributed by atoms with van der Waals surface area (Å²) in [5, 5.41) is 0. The molecule has 0 unspecified atom stereocenters. The molecule has 0 rings (SSSR count). The minimum Gasteiger partial charge on any atom is -0.462 e. The Balaban J connectivity index is 4.31. The van der Waals surface area contributed by atoms with Gasteiger partial charge in [0.15, 0.2) is 6.10 Å². The number of esters is 3. The molecule has 0 radical (unpaired) electrons. The van der Waals surface area contributed by atoms with Crippen LogP contribution in [-0.4, -0.2) is 37.2 Å². The van der Waals surface area contributed by atoms with Crippen molar-refractivity contribution in [2.45, 2.75) is 252 Å². The van der Waals surface area contributed by atoms with Crippen LogP contribution in [0.1, 0.15) is 245 Å². The SMILES string of the molecule is CCCCCCCCCCCCCCCC(=O)O[C@@H](COC(=O)CCCCCCCCCCC)COC(=O)CCCCCCCCCCCC. The second-order valence-electron chi connectivity index (χ2n) is 15.0. The fourth-order valence-electron chi connectivity index (χ4n) is 6.50. The molecule has 0 aliphatic heterocycles. The molecule has 0 saturated heterocycles. The average Bonchev–Trinajstić information content (AvgIpc) is 3.11. The van der Waals surface area contributed by atoms with Crippen LogP contribution in [0.3, 0.4) is 0 Å². The van der Waals surface area contributed by atoms with Gasteiger partial charge in [0, 0.05) is 19.3 Å². The van der Waals surface area contributed by atoms with Gasteiger partial charge in [0.2, 0.25) is 0 Å². The zero-order valence-electron chi connectivity index (χ0n) is 33.7. The van der Waals surface area contributed by atoms with Gasteiger partial charge in [-0.1, -0.05) is 207 Å². The Morgan fingerprint density at radius 1 is 0.320 bits per heavy atom. The molecule has 0 bridgehead atoms. The monoisotopic (exact) mass is 709 g/mol. The van der Waals surface area contributed by atoms with Crippen LogP contribution in [0, 0.1) is 0 Å².